The predicted molar refractivity (Wildman–Crippen MR) is 116 cm³/mol. The molecule has 0 amide bonds. The third-order valence-electron chi connectivity index (χ3n) is 5.06. The van der Waals surface area contributed by atoms with E-state index in [0.29, 0.717) is 5.75 Å². The first-order valence-corrected chi connectivity index (χ1v) is 11.0. The highest BCUT2D eigenvalue weighted by Gasteiger charge is 2.01. The molecule has 1 aromatic rings. The van der Waals surface area contributed by atoms with Crippen LogP contribution in [0.1, 0.15) is 102 Å². The number of aryl methyl sites for hydroxylation is 1. The number of unbranched alkanes of at least 4 members (excludes halogenated alkanes) is 12. The molecule has 3 N–H and O–H groups in total. The quantitative estimate of drug-likeness (QED) is 0.138. The average molecular weight is 360 g/mol. The second-order valence-corrected chi connectivity index (χ2v) is 7.58. The number of phenols is 1. The number of aromatic hydroxyl groups is 1. The summed E-state index contributed by atoms with van der Waals surface area (Å²) in [5, 5.41) is 9.80. The van der Waals surface area contributed by atoms with E-state index in [1.165, 1.54) is 83.5 Å². The number of rotatable bonds is 16. The molecule has 0 atom stereocenters. The van der Waals surface area contributed by atoms with Gasteiger partial charge in [0.25, 0.3) is 0 Å². The van der Waals surface area contributed by atoms with Crippen molar-refractivity contribution in [1.29, 1.82) is 0 Å². The fourth-order valence-corrected chi connectivity index (χ4v) is 3.37. The minimum Gasteiger partial charge on any atom is -0.508 e. The number of nitrogens with two attached hydrogens (primary N) is 1. The molecule has 0 saturated heterocycles. The Balaban J connectivity index is 1.86. The monoisotopic (exact) mass is 359 g/mol. The van der Waals surface area contributed by atoms with E-state index in [1.54, 1.807) is 12.1 Å². The summed E-state index contributed by atoms with van der Waals surface area (Å²) in [6, 6.07) is 5.35. The van der Waals surface area contributed by atoms with E-state index >= 15 is 0 Å². The first-order chi connectivity index (χ1) is 12.7. The lowest BCUT2D eigenvalue weighted by atomic mass is 10.0. The van der Waals surface area contributed by atoms with E-state index in [0.717, 1.165) is 24.1 Å². The normalized spacial score (nSPS) is 11.4. The minimum absolute atomic E-state index is 0.381. The molecule has 148 valence electrons. The van der Waals surface area contributed by atoms with E-state index in [4.69, 9.17) is 5.73 Å². The fraction of sp³-hybridized carbons (Fsp3) is 0.667. The van der Waals surface area contributed by atoms with Gasteiger partial charge in [-0.2, -0.15) is 0 Å². The highest BCUT2D eigenvalue weighted by Crippen LogP contribution is 2.22. The molecule has 2 nitrogen and oxygen atoms in total. The largest absolute Gasteiger partial charge is 0.508 e. The molecule has 0 bridgehead atoms. The van der Waals surface area contributed by atoms with Gasteiger partial charge in [-0.05, 0) is 62.3 Å². The average Bonchev–Trinajstić information content (AvgIpc) is 2.64. The number of hydrogen-bond acceptors (Lipinski definition) is 2. The summed E-state index contributed by atoms with van der Waals surface area (Å²) in [6.07, 6.45) is 24.2. The van der Waals surface area contributed by atoms with Crippen molar-refractivity contribution in [3.8, 4) is 5.75 Å². The Bertz CT molecular complexity index is 481. The van der Waals surface area contributed by atoms with Crippen LogP contribution in [-0.4, -0.2) is 5.11 Å². The fourth-order valence-electron chi connectivity index (χ4n) is 3.37. The molecule has 0 radical (unpaired) electrons. The summed E-state index contributed by atoms with van der Waals surface area (Å²) in [4.78, 5) is 0. The molecule has 0 saturated carbocycles. The van der Waals surface area contributed by atoms with E-state index < -0.39 is 0 Å². The van der Waals surface area contributed by atoms with Crippen molar-refractivity contribution in [2.24, 2.45) is 0 Å². The van der Waals surface area contributed by atoms with Gasteiger partial charge in [-0.15, -0.1) is 0 Å². The van der Waals surface area contributed by atoms with E-state index in [2.05, 4.69) is 19.1 Å². The molecule has 26 heavy (non-hydrogen) atoms. The zero-order valence-corrected chi connectivity index (χ0v) is 17.0. The molecule has 0 unspecified atom stereocenters. The minimum atomic E-state index is 0.381. The Morgan fingerprint density at radius 2 is 1.31 bits per heavy atom. The zero-order valence-electron chi connectivity index (χ0n) is 17.0. The van der Waals surface area contributed by atoms with Crippen LogP contribution in [0.2, 0.25) is 0 Å². The van der Waals surface area contributed by atoms with Crippen molar-refractivity contribution in [2.45, 2.75) is 103 Å². The Morgan fingerprint density at radius 1 is 0.769 bits per heavy atom. The van der Waals surface area contributed by atoms with Crippen LogP contribution in [0.5, 0.6) is 5.75 Å². The summed E-state index contributed by atoms with van der Waals surface area (Å²) >= 11 is 0. The summed E-state index contributed by atoms with van der Waals surface area (Å²) in [7, 11) is 0. The lowest BCUT2D eigenvalue weighted by Crippen LogP contribution is -1.91. The standard InChI is InChI=1S/C24H41NO/c1-2-3-4-5-6-7-8-9-10-11-12-13-14-15-16-17-18-22-21-23(25)19-20-24(22)26/h9-10,19-21,26H,2-8,11-18,25H2,1H3/b10-9-. The Labute approximate surface area is 161 Å². The molecule has 1 rings (SSSR count). The predicted octanol–water partition coefficient (Wildman–Crippen LogP) is 7.55. The van der Waals surface area contributed by atoms with Crippen molar-refractivity contribution in [1.82, 2.24) is 0 Å². The van der Waals surface area contributed by atoms with Gasteiger partial charge in [0.1, 0.15) is 5.75 Å². The van der Waals surface area contributed by atoms with Crippen LogP contribution < -0.4 is 5.73 Å². The Morgan fingerprint density at radius 3 is 1.92 bits per heavy atom. The number of hydrogen-bond donors (Lipinski definition) is 2. The molecular weight excluding hydrogens is 318 g/mol. The summed E-state index contributed by atoms with van der Waals surface area (Å²) in [6.45, 7) is 2.27. The van der Waals surface area contributed by atoms with Crippen LogP contribution in [0.3, 0.4) is 0 Å². The highest BCUT2D eigenvalue weighted by molar-refractivity contribution is 5.47. The first-order valence-electron chi connectivity index (χ1n) is 11.0. The van der Waals surface area contributed by atoms with Crippen LogP contribution in [0, 0.1) is 0 Å². The van der Waals surface area contributed by atoms with E-state index in [-0.39, 0.29) is 0 Å². The maximum atomic E-state index is 9.80. The first kappa shape index (κ1) is 22.6. The van der Waals surface area contributed by atoms with Gasteiger partial charge in [0.2, 0.25) is 0 Å². The SMILES string of the molecule is CCCCCCCC/C=C\CCCCCCCCc1cc(N)ccc1O. The van der Waals surface area contributed by atoms with Crippen LogP contribution in [-0.2, 0) is 6.42 Å². The molecular formula is C24H41NO. The molecule has 0 fully saturated rings. The smallest absolute Gasteiger partial charge is 0.118 e. The van der Waals surface area contributed by atoms with Crippen LogP contribution >= 0.6 is 0 Å². The summed E-state index contributed by atoms with van der Waals surface area (Å²) in [5.74, 6) is 0.381. The van der Waals surface area contributed by atoms with Crippen molar-refractivity contribution < 1.29 is 5.11 Å². The number of nitrogen functional groups attached to an aromatic ring is 1. The maximum absolute atomic E-state index is 9.80. The third-order valence-corrected chi connectivity index (χ3v) is 5.06. The topological polar surface area (TPSA) is 46.2 Å². The second-order valence-electron chi connectivity index (χ2n) is 7.58. The second kappa shape index (κ2) is 15.8. The van der Waals surface area contributed by atoms with Gasteiger partial charge < -0.3 is 10.8 Å². The number of benzene rings is 1. The van der Waals surface area contributed by atoms with Crippen LogP contribution in [0.15, 0.2) is 30.4 Å². The van der Waals surface area contributed by atoms with Crippen LogP contribution in [0.25, 0.3) is 0 Å². The zero-order chi connectivity index (χ0) is 18.9. The molecule has 0 aromatic heterocycles. The van der Waals surface area contributed by atoms with Crippen molar-refractivity contribution >= 4 is 5.69 Å². The summed E-state index contributed by atoms with van der Waals surface area (Å²) < 4.78 is 0. The Hall–Kier alpha value is -1.44. The van der Waals surface area contributed by atoms with Gasteiger partial charge >= 0.3 is 0 Å². The van der Waals surface area contributed by atoms with Crippen molar-refractivity contribution in [3.05, 3.63) is 35.9 Å². The lowest BCUT2D eigenvalue weighted by molar-refractivity contribution is 0.466. The van der Waals surface area contributed by atoms with E-state index in [1.807, 2.05) is 6.07 Å². The van der Waals surface area contributed by atoms with Gasteiger partial charge in [0, 0.05) is 5.69 Å². The molecule has 0 aliphatic rings. The van der Waals surface area contributed by atoms with Gasteiger partial charge in [-0.3, -0.25) is 0 Å². The molecule has 1 aromatic carbocycles. The maximum Gasteiger partial charge on any atom is 0.118 e. The highest BCUT2D eigenvalue weighted by atomic mass is 16.3. The van der Waals surface area contributed by atoms with Gasteiger partial charge in [-0.1, -0.05) is 76.9 Å². The molecule has 0 heterocycles. The van der Waals surface area contributed by atoms with E-state index in [9.17, 15) is 5.11 Å². The molecule has 0 aliphatic carbocycles. The van der Waals surface area contributed by atoms with Crippen molar-refractivity contribution in [2.75, 3.05) is 5.73 Å². The lowest BCUT2D eigenvalue weighted by Gasteiger charge is -2.06. The molecule has 0 aliphatic heterocycles. The van der Waals surface area contributed by atoms with Gasteiger partial charge in [0.05, 0.1) is 0 Å². The summed E-state index contributed by atoms with van der Waals surface area (Å²) in [5.41, 5.74) is 7.50. The van der Waals surface area contributed by atoms with Crippen molar-refractivity contribution in [3.63, 3.8) is 0 Å². The number of allylic oxidation sites excluding steroid dienone is 2. The van der Waals surface area contributed by atoms with Gasteiger partial charge in [-0.25, -0.2) is 0 Å². The number of phenolic OH excluding ortho intramolecular Hbond substituents is 1. The third kappa shape index (κ3) is 12.0. The number of anilines is 1. The van der Waals surface area contributed by atoms with Gasteiger partial charge in [0.15, 0.2) is 0 Å². The van der Waals surface area contributed by atoms with Crippen LogP contribution in [0.4, 0.5) is 5.69 Å². The Kier molecular flexibility index (Phi) is 13.7. The molecule has 0 spiro atoms. The molecule has 2 heteroatoms.